The van der Waals surface area contributed by atoms with E-state index in [0.717, 1.165) is 24.9 Å². The number of benzene rings is 2. The Balaban J connectivity index is 1.65. The molecule has 132 valence electrons. The smallest absolute Gasteiger partial charge is 0.237 e. The zero-order valence-corrected chi connectivity index (χ0v) is 14.7. The third kappa shape index (κ3) is 4.45. The van der Waals surface area contributed by atoms with Gasteiger partial charge in [-0.05, 0) is 49.6 Å². The number of carbonyl (C=O) groups is 1. The van der Waals surface area contributed by atoms with Gasteiger partial charge in [0.1, 0.15) is 5.82 Å². The van der Waals surface area contributed by atoms with Gasteiger partial charge in [0.15, 0.2) is 0 Å². The van der Waals surface area contributed by atoms with E-state index < -0.39 is 0 Å². The van der Waals surface area contributed by atoms with E-state index in [1.807, 2.05) is 19.1 Å². The standard InChI is InChI=1S/C21H25FN2O/c1-2-23(15-17-8-6-11-19(22)14-17)21(25)16-24-13-7-12-20(24)18-9-4-3-5-10-18/h3-6,8-11,14,20H,2,7,12-13,15-16H2,1H3. The number of halogens is 1. The number of hydrogen-bond donors (Lipinski definition) is 0. The fourth-order valence-electron chi connectivity index (χ4n) is 3.57. The molecule has 25 heavy (non-hydrogen) atoms. The zero-order chi connectivity index (χ0) is 17.6. The van der Waals surface area contributed by atoms with E-state index in [1.165, 1.54) is 17.7 Å². The molecule has 0 aliphatic carbocycles. The Morgan fingerprint density at radius 1 is 1.20 bits per heavy atom. The lowest BCUT2D eigenvalue weighted by Gasteiger charge is -2.28. The molecule has 0 saturated carbocycles. The van der Waals surface area contributed by atoms with E-state index >= 15 is 0 Å². The minimum atomic E-state index is -0.260. The van der Waals surface area contributed by atoms with Crippen LogP contribution in [0.3, 0.4) is 0 Å². The summed E-state index contributed by atoms with van der Waals surface area (Å²) in [6.07, 6.45) is 2.20. The van der Waals surface area contributed by atoms with Crippen molar-refractivity contribution in [2.45, 2.75) is 32.4 Å². The molecule has 0 bridgehead atoms. The van der Waals surface area contributed by atoms with Crippen LogP contribution >= 0.6 is 0 Å². The van der Waals surface area contributed by atoms with Crippen molar-refractivity contribution in [3.8, 4) is 0 Å². The number of hydrogen-bond acceptors (Lipinski definition) is 2. The maximum absolute atomic E-state index is 13.4. The first-order chi connectivity index (χ1) is 12.2. The second kappa shape index (κ2) is 8.26. The highest BCUT2D eigenvalue weighted by Gasteiger charge is 2.28. The van der Waals surface area contributed by atoms with Crippen LogP contribution in [0.2, 0.25) is 0 Å². The summed E-state index contributed by atoms with van der Waals surface area (Å²) in [5.74, 6) is -0.153. The summed E-state index contributed by atoms with van der Waals surface area (Å²) in [6, 6.07) is 17.2. The van der Waals surface area contributed by atoms with Gasteiger partial charge in [0.2, 0.25) is 5.91 Å². The minimum Gasteiger partial charge on any atom is -0.338 e. The molecule has 2 aromatic carbocycles. The molecule has 1 unspecified atom stereocenters. The maximum Gasteiger partial charge on any atom is 0.237 e. The minimum absolute atomic E-state index is 0.106. The number of carbonyl (C=O) groups excluding carboxylic acids is 1. The molecular weight excluding hydrogens is 315 g/mol. The number of likely N-dealkylation sites (N-methyl/N-ethyl adjacent to an activating group) is 1. The molecule has 3 rings (SSSR count). The molecule has 1 aliphatic rings. The molecule has 0 aromatic heterocycles. The van der Waals surface area contributed by atoms with Gasteiger partial charge in [-0.1, -0.05) is 42.5 Å². The topological polar surface area (TPSA) is 23.6 Å². The third-order valence-corrected chi connectivity index (χ3v) is 4.88. The van der Waals surface area contributed by atoms with Gasteiger partial charge in [-0.2, -0.15) is 0 Å². The third-order valence-electron chi connectivity index (χ3n) is 4.88. The largest absolute Gasteiger partial charge is 0.338 e. The molecule has 0 radical (unpaired) electrons. The van der Waals surface area contributed by atoms with Crippen molar-refractivity contribution in [3.05, 3.63) is 71.5 Å². The summed E-state index contributed by atoms with van der Waals surface area (Å²) in [4.78, 5) is 16.9. The number of nitrogens with zero attached hydrogens (tertiary/aromatic N) is 2. The van der Waals surface area contributed by atoms with E-state index in [1.54, 1.807) is 11.0 Å². The van der Waals surface area contributed by atoms with E-state index in [9.17, 15) is 9.18 Å². The lowest BCUT2D eigenvalue weighted by Crippen LogP contribution is -2.39. The highest BCUT2D eigenvalue weighted by Crippen LogP contribution is 2.31. The van der Waals surface area contributed by atoms with Crippen molar-refractivity contribution in [3.63, 3.8) is 0 Å². The van der Waals surface area contributed by atoms with Crippen molar-refractivity contribution in [1.82, 2.24) is 9.80 Å². The first-order valence-electron chi connectivity index (χ1n) is 8.98. The lowest BCUT2D eigenvalue weighted by atomic mass is 10.0. The van der Waals surface area contributed by atoms with Crippen molar-refractivity contribution in [2.24, 2.45) is 0 Å². The average molecular weight is 340 g/mol. The second-order valence-electron chi connectivity index (χ2n) is 6.58. The predicted molar refractivity (Wildman–Crippen MR) is 97.5 cm³/mol. The van der Waals surface area contributed by atoms with Crippen molar-refractivity contribution in [2.75, 3.05) is 19.6 Å². The average Bonchev–Trinajstić information content (AvgIpc) is 3.08. The molecule has 1 aliphatic heterocycles. The normalized spacial score (nSPS) is 17.6. The summed E-state index contributed by atoms with van der Waals surface area (Å²) < 4.78 is 13.4. The van der Waals surface area contributed by atoms with Gasteiger partial charge in [-0.3, -0.25) is 9.69 Å². The highest BCUT2D eigenvalue weighted by atomic mass is 19.1. The summed E-state index contributed by atoms with van der Waals surface area (Å²) in [7, 11) is 0. The summed E-state index contributed by atoms with van der Waals surface area (Å²) >= 11 is 0. The molecule has 1 heterocycles. The fourth-order valence-corrected chi connectivity index (χ4v) is 3.57. The maximum atomic E-state index is 13.4. The van der Waals surface area contributed by atoms with Crippen molar-refractivity contribution >= 4 is 5.91 Å². The van der Waals surface area contributed by atoms with Gasteiger partial charge in [0.25, 0.3) is 0 Å². The first-order valence-corrected chi connectivity index (χ1v) is 8.98. The Bertz CT molecular complexity index is 704. The summed E-state index contributed by atoms with van der Waals surface area (Å²) in [6.45, 7) is 4.41. The number of amides is 1. The van der Waals surface area contributed by atoms with Crippen LogP contribution in [-0.4, -0.2) is 35.3 Å². The molecule has 1 saturated heterocycles. The van der Waals surface area contributed by atoms with Crippen molar-refractivity contribution < 1.29 is 9.18 Å². The molecule has 0 N–H and O–H groups in total. The van der Waals surface area contributed by atoms with Crippen LogP contribution in [0.1, 0.15) is 36.9 Å². The number of likely N-dealkylation sites (tertiary alicyclic amines) is 1. The van der Waals surface area contributed by atoms with E-state index in [2.05, 4.69) is 29.2 Å². The lowest BCUT2D eigenvalue weighted by molar-refractivity contribution is -0.133. The molecule has 3 nitrogen and oxygen atoms in total. The molecule has 1 amide bonds. The van der Waals surface area contributed by atoms with Crippen LogP contribution in [0, 0.1) is 5.82 Å². The van der Waals surface area contributed by atoms with E-state index in [0.29, 0.717) is 25.7 Å². The fraction of sp³-hybridized carbons (Fsp3) is 0.381. The summed E-state index contributed by atoms with van der Waals surface area (Å²) in [5, 5.41) is 0. The van der Waals surface area contributed by atoms with E-state index in [-0.39, 0.29) is 11.7 Å². The van der Waals surface area contributed by atoms with Gasteiger partial charge in [0.05, 0.1) is 6.54 Å². The van der Waals surface area contributed by atoms with Crippen LogP contribution < -0.4 is 0 Å². The van der Waals surface area contributed by atoms with Crippen LogP contribution in [-0.2, 0) is 11.3 Å². The molecule has 0 spiro atoms. The molecule has 2 aromatic rings. The predicted octanol–water partition coefficient (Wildman–Crippen LogP) is 4.01. The SMILES string of the molecule is CCN(Cc1cccc(F)c1)C(=O)CN1CCCC1c1ccccc1. The number of rotatable bonds is 6. The Morgan fingerprint density at radius 3 is 2.72 bits per heavy atom. The highest BCUT2D eigenvalue weighted by molar-refractivity contribution is 5.78. The second-order valence-corrected chi connectivity index (χ2v) is 6.58. The van der Waals surface area contributed by atoms with Gasteiger partial charge in [-0.25, -0.2) is 4.39 Å². The monoisotopic (exact) mass is 340 g/mol. The van der Waals surface area contributed by atoms with Crippen LogP contribution in [0.5, 0.6) is 0 Å². The van der Waals surface area contributed by atoms with Gasteiger partial charge >= 0.3 is 0 Å². The van der Waals surface area contributed by atoms with Gasteiger partial charge < -0.3 is 4.90 Å². The zero-order valence-electron chi connectivity index (χ0n) is 14.7. The quantitative estimate of drug-likeness (QED) is 0.793. The summed E-state index contributed by atoms with van der Waals surface area (Å²) in [5.41, 5.74) is 2.11. The molecule has 1 fully saturated rings. The molecule has 1 atom stereocenters. The van der Waals surface area contributed by atoms with E-state index in [4.69, 9.17) is 0 Å². The Labute approximate surface area is 149 Å². The van der Waals surface area contributed by atoms with Crippen LogP contribution in [0.25, 0.3) is 0 Å². The molecular formula is C21H25FN2O. The van der Waals surface area contributed by atoms with Crippen LogP contribution in [0.4, 0.5) is 4.39 Å². The van der Waals surface area contributed by atoms with Gasteiger partial charge in [0, 0.05) is 19.1 Å². The van der Waals surface area contributed by atoms with Gasteiger partial charge in [-0.15, -0.1) is 0 Å². The first kappa shape index (κ1) is 17.6. The Kier molecular flexibility index (Phi) is 5.82. The Hall–Kier alpha value is -2.20. The van der Waals surface area contributed by atoms with Crippen molar-refractivity contribution in [1.29, 1.82) is 0 Å². The molecule has 4 heteroatoms. The van der Waals surface area contributed by atoms with Crippen LogP contribution in [0.15, 0.2) is 54.6 Å². The Morgan fingerprint density at radius 2 is 2.00 bits per heavy atom.